The van der Waals surface area contributed by atoms with E-state index < -0.39 is 29.3 Å². The Labute approximate surface area is 195 Å². The second-order valence-electron chi connectivity index (χ2n) is 9.54. The number of esters is 1. The predicted molar refractivity (Wildman–Crippen MR) is 126 cm³/mol. The molecule has 2 unspecified atom stereocenters. The van der Waals surface area contributed by atoms with E-state index >= 15 is 0 Å². The minimum absolute atomic E-state index is 0.293. The van der Waals surface area contributed by atoms with E-state index in [-0.39, 0.29) is 0 Å². The molecule has 0 fully saturated rings. The average molecular weight is 453 g/mol. The van der Waals surface area contributed by atoms with Crippen LogP contribution in [-0.2, 0) is 31.9 Å². The molecule has 0 saturated heterocycles. The van der Waals surface area contributed by atoms with Crippen LogP contribution in [0.5, 0.6) is 0 Å². The van der Waals surface area contributed by atoms with Crippen LogP contribution in [0, 0.1) is 0 Å². The molecule has 0 spiro atoms. The molecule has 7 heteroatoms. The molecule has 33 heavy (non-hydrogen) atoms. The monoisotopic (exact) mass is 452 g/mol. The number of amides is 1. The topological polar surface area (TPSA) is 86.2 Å². The van der Waals surface area contributed by atoms with Crippen LogP contribution in [0.1, 0.15) is 50.8 Å². The average Bonchev–Trinajstić information content (AvgIpc) is 3.15. The van der Waals surface area contributed by atoms with Crippen molar-refractivity contribution in [2.24, 2.45) is 5.16 Å². The SMILES string of the molecule is COC(=O)C(Cc1ccc(CC2(C)CC(c3ccccc3)=NO2)cc1)NC(=O)OC(C)(C)C. The quantitative estimate of drug-likeness (QED) is 0.629. The maximum Gasteiger partial charge on any atom is 0.408 e. The molecule has 0 radical (unpaired) electrons. The molecule has 1 aliphatic heterocycles. The second kappa shape index (κ2) is 10.1. The Balaban J connectivity index is 1.60. The minimum atomic E-state index is -0.840. The summed E-state index contributed by atoms with van der Waals surface area (Å²) in [7, 11) is 1.29. The van der Waals surface area contributed by atoms with Crippen molar-refractivity contribution in [3.63, 3.8) is 0 Å². The lowest BCUT2D eigenvalue weighted by Crippen LogP contribution is -2.45. The largest absolute Gasteiger partial charge is 0.467 e. The highest BCUT2D eigenvalue weighted by Crippen LogP contribution is 2.30. The number of nitrogens with zero attached hydrogens (tertiary/aromatic N) is 1. The number of nitrogens with one attached hydrogen (secondary N) is 1. The summed E-state index contributed by atoms with van der Waals surface area (Å²) in [5, 5.41) is 6.91. The molecular weight excluding hydrogens is 420 g/mol. The first-order valence-corrected chi connectivity index (χ1v) is 11.0. The highest BCUT2D eigenvalue weighted by Gasteiger charge is 2.35. The van der Waals surface area contributed by atoms with Crippen LogP contribution in [0.25, 0.3) is 0 Å². The molecule has 2 atom stereocenters. The van der Waals surface area contributed by atoms with Crippen LogP contribution in [0.2, 0.25) is 0 Å². The third kappa shape index (κ3) is 7.07. The van der Waals surface area contributed by atoms with Crippen LogP contribution in [0.3, 0.4) is 0 Å². The highest BCUT2D eigenvalue weighted by atomic mass is 16.7. The summed E-state index contributed by atoms with van der Waals surface area (Å²) < 4.78 is 10.1. The first-order chi connectivity index (χ1) is 15.6. The smallest absolute Gasteiger partial charge is 0.408 e. The van der Waals surface area contributed by atoms with E-state index in [9.17, 15) is 9.59 Å². The molecule has 3 rings (SSSR count). The molecule has 176 valence electrons. The van der Waals surface area contributed by atoms with Crippen molar-refractivity contribution in [2.75, 3.05) is 7.11 Å². The molecule has 2 aromatic rings. The van der Waals surface area contributed by atoms with Crippen LogP contribution in [-0.4, -0.2) is 42.1 Å². The molecule has 0 aromatic heterocycles. The van der Waals surface area contributed by atoms with Gasteiger partial charge >= 0.3 is 12.1 Å². The third-order valence-electron chi connectivity index (χ3n) is 5.24. The summed E-state index contributed by atoms with van der Waals surface area (Å²) in [6.45, 7) is 7.35. The Morgan fingerprint density at radius 3 is 2.33 bits per heavy atom. The van der Waals surface area contributed by atoms with Crippen molar-refractivity contribution in [1.29, 1.82) is 0 Å². The number of oxime groups is 1. The van der Waals surface area contributed by atoms with Gasteiger partial charge in [-0.25, -0.2) is 9.59 Å². The summed E-state index contributed by atoms with van der Waals surface area (Å²) in [6.07, 6.45) is 1.06. The van der Waals surface area contributed by atoms with Gasteiger partial charge in [-0.05, 0) is 44.4 Å². The predicted octanol–water partition coefficient (Wildman–Crippen LogP) is 4.42. The number of alkyl carbamates (subject to hydrolysis) is 1. The summed E-state index contributed by atoms with van der Waals surface area (Å²) in [4.78, 5) is 30.1. The fraction of sp³-hybridized carbons (Fsp3) is 0.423. The Bertz CT molecular complexity index is 996. The molecule has 7 nitrogen and oxygen atoms in total. The van der Waals surface area contributed by atoms with E-state index in [1.807, 2.05) is 54.6 Å². The molecule has 1 N–H and O–H groups in total. The summed E-state index contributed by atoms with van der Waals surface area (Å²) in [5.74, 6) is -0.526. The Hall–Kier alpha value is -3.35. The second-order valence-corrected chi connectivity index (χ2v) is 9.54. The lowest BCUT2D eigenvalue weighted by molar-refractivity contribution is -0.143. The standard InChI is InChI=1S/C26H32N2O5/c1-25(2,3)32-24(30)27-21(23(29)31-5)15-18-11-13-19(14-12-18)16-26(4)17-22(28-33-26)20-9-7-6-8-10-20/h6-14,21H,15-17H2,1-5H3,(H,27,30). The zero-order valence-corrected chi connectivity index (χ0v) is 19.9. The number of hydrogen-bond donors (Lipinski definition) is 1. The fourth-order valence-electron chi connectivity index (χ4n) is 3.71. The van der Waals surface area contributed by atoms with Gasteiger partial charge in [0.05, 0.1) is 12.8 Å². The highest BCUT2D eigenvalue weighted by molar-refractivity contribution is 6.01. The zero-order chi connectivity index (χ0) is 24.1. The number of ether oxygens (including phenoxy) is 2. The first-order valence-electron chi connectivity index (χ1n) is 11.0. The van der Waals surface area contributed by atoms with Gasteiger partial charge in [-0.15, -0.1) is 0 Å². The van der Waals surface area contributed by atoms with E-state index in [1.54, 1.807) is 20.8 Å². The minimum Gasteiger partial charge on any atom is -0.467 e. The van der Waals surface area contributed by atoms with Crippen molar-refractivity contribution in [3.05, 3.63) is 71.3 Å². The van der Waals surface area contributed by atoms with Crippen molar-refractivity contribution in [3.8, 4) is 0 Å². The molecule has 2 aromatic carbocycles. The van der Waals surface area contributed by atoms with Crippen molar-refractivity contribution in [1.82, 2.24) is 5.32 Å². The van der Waals surface area contributed by atoms with Gasteiger partial charge in [0.1, 0.15) is 17.2 Å². The maximum absolute atomic E-state index is 12.2. The number of carbonyl (C=O) groups excluding carboxylic acids is 2. The van der Waals surface area contributed by atoms with E-state index in [0.717, 1.165) is 28.8 Å². The Kier molecular flexibility index (Phi) is 7.41. The number of methoxy groups -OCH3 is 1. The number of hydrogen-bond acceptors (Lipinski definition) is 6. The van der Waals surface area contributed by atoms with Gasteiger partial charge in [-0.3, -0.25) is 0 Å². The van der Waals surface area contributed by atoms with E-state index in [0.29, 0.717) is 12.8 Å². The van der Waals surface area contributed by atoms with Gasteiger partial charge in [-0.2, -0.15) is 0 Å². The lowest BCUT2D eigenvalue weighted by atomic mass is 9.89. The summed E-state index contributed by atoms with van der Waals surface area (Å²) in [5.41, 5.74) is 2.94. The zero-order valence-electron chi connectivity index (χ0n) is 19.9. The van der Waals surface area contributed by atoms with Gasteiger partial charge in [-0.1, -0.05) is 59.8 Å². The van der Waals surface area contributed by atoms with E-state index in [1.165, 1.54) is 7.11 Å². The van der Waals surface area contributed by atoms with Gasteiger partial charge < -0.3 is 19.6 Å². The Morgan fingerprint density at radius 2 is 1.73 bits per heavy atom. The van der Waals surface area contributed by atoms with Crippen molar-refractivity contribution >= 4 is 17.8 Å². The molecule has 0 aliphatic carbocycles. The van der Waals surface area contributed by atoms with Gasteiger partial charge in [0, 0.05) is 19.3 Å². The maximum atomic E-state index is 12.2. The van der Waals surface area contributed by atoms with E-state index in [4.69, 9.17) is 14.3 Å². The van der Waals surface area contributed by atoms with Gasteiger partial charge in [0.2, 0.25) is 0 Å². The van der Waals surface area contributed by atoms with Crippen LogP contribution in [0.15, 0.2) is 59.8 Å². The normalized spacial score (nSPS) is 18.6. The third-order valence-corrected chi connectivity index (χ3v) is 5.24. The number of rotatable bonds is 7. The van der Waals surface area contributed by atoms with Gasteiger partial charge in [0.15, 0.2) is 0 Å². The molecule has 0 bridgehead atoms. The molecule has 1 heterocycles. The summed E-state index contributed by atoms with van der Waals surface area (Å²) in [6, 6.07) is 17.1. The van der Waals surface area contributed by atoms with Gasteiger partial charge in [0.25, 0.3) is 0 Å². The summed E-state index contributed by atoms with van der Waals surface area (Å²) >= 11 is 0. The molecule has 1 aliphatic rings. The van der Waals surface area contributed by atoms with Crippen LogP contribution >= 0.6 is 0 Å². The van der Waals surface area contributed by atoms with Crippen molar-refractivity contribution in [2.45, 2.75) is 64.2 Å². The molecule has 0 saturated carbocycles. The number of benzene rings is 2. The van der Waals surface area contributed by atoms with E-state index in [2.05, 4.69) is 17.4 Å². The Morgan fingerprint density at radius 1 is 1.09 bits per heavy atom. The van der Waals surface area contributed by atoms with Crippen molar-refractivity contribution < 1.29 is 23.9 Å². The molecular formula is C26H32N2O5. The van der Waals surface area contributed by atoms with Crippen LogP contribution < -0.4 is 5.32 Å². The first kappa shape index (κ1) is 24.3. The number of carbonyl (C=O) groups is 2. The molecule has 1 amide bonds. The van der Waals surface area contributed by atoms with Crippen LogP contribution in [0.4, 0.5) is 4.79 Å². The fourth-order valence-corrected chi connectivity index (χ4v) is 3.71. The lowest BCUT2D eigenvalue weighted by Gasteiger charge is -2.23.